The predicted molar refractivity (Wildman–Crippen MR) is 312 cm³/mol. The van der Waals surface area contributed by atoms with Crippen LogP contribution in [0.1, 0.15) is 82.6 Å². The maximum absolute atomic E-state index is 14.9. The summed E-state index contributed by atoms with van der Waals surface area (Å²) in [5, 5.41) is 30.9. The molecule has 0 saturated heterocycles. The van der Waals surface area contributed by atoms with Crippen LogP contribution in [0.4, 0.5) is 37.0 Å². The molecule has 0 saturated carbocycles. The average molecular weight is 1130 g/mol. The molecule has 22 nitrogen and oxygen atoms in total. The second kappa shape index (κ2) is 28.1. The highest BCUT2D eigenvalue weighted by Gasteiger charge is 2.23. The number of benzene rings is 4. The Morgan fingerprint density at radius 2 is 1.08 bits per heavy atom. The molecule has 4 heterocycles. The van der Waals surface area contributed by atoms with Gasteiger partial charge in [-0.1, -0.05) is 58.9 Å². The van der Waals surface area contributed by atoms with Crippen LogP contribution in [0.15, 0.2) is 146 Å². The van der Waals surface area contributed by atoms with E-state index in [9.17, 15) is 33.2 Å². The van der Waals surface area contributed by atoms with E-state index in [2.05, 4.69) is 52.5 Å². The van der Waals surface area contributed by atoms with Gasteiger partial charge in [0.2, 0.25) is 23.6 Å². The first-order valence-electron chi connectivity index (χ1n) is 26.3. The molecule has 0 aliphatic carbocycles. The lowest BCUT2D eigenvalue weighted by molar-refractivity contribution is -0.125. The summed E-state index contributed by atoms with van der Waals surface area (Å²) >= 11 is 0. The van der Waals surface area contributed by atoms with Crippen LogP contribution in [0, 0.1) is 12.7 Å². The smallest absolute Gasteiger partial charge is 0.324 e. The lowest BCUT2D eigenvalue weighted by atomic mass is 9.92. The minimum Gasteiger partial charge on any atom is -0.457 e. The molecule has 0 aliphatic rings. The summed E-state index contributed by atoms with van der Waals surface area (Å²) < 4.78 is 29.6. The average Bonchev–Trinajstić information content (AvgIpc) is 4.27. The number of aromatic nitrogens is 6. The number of nitrogens with zero attached hydrogens (tertiary/aromatic N) is 6. The number of rotatable bonds is 19. The van der Waals surface area contributed by atoms with Crippen LogP contribution in [0.3, 0.4) is 0 Å². The summed E-state index contributed by atoms with van der Waals surface area (Å²) in [6.07, 6.45) is 4.90. The van der Waals surface area contributed by atoms with Crippen LogP contribution in [-0.2, 0) is 37.7 Å². The minimum absolute atomic E-state index is 0.0325. The number of pyridine rings is 2. The Bertz CT molecular complexity index is 3580. The normalized spacial score (nSPS) is 10.8. The fourth-order valence-corrected chi connectivity index (χ4v) is 7.61. The van der Waals surface area contributed by atoms with E-state index in [1.54, 1.807) is 94.7 Å². The molecule has 430 valence electrons. The third-order valence-corrected chi connectivity index (χ3v) is 11.9. The van der Waals surface area contributed by atoms with Crippen molar-refractivity contribution in [2.75, 3.05) is 34.4 Å². The molecule has 8 amide bonds. The van der Waals surface area contributed by atoms with Crippen LogP contribution in [-0.4, -0.2) is 78.3 Å². The number of anilines is 4. The molecule has 0 bridgehead atoms. The Balaban J connectivity index is 0.000000239. The Morgan fingerprint density at radius 1 is 0.566 bits per heavy atom. The van der Waals surface area contributed by atoms with E-state index in [4.69, 9.17) is 19.7 Å². The zero-order valence-corrected chi connectivity index (χ0v) is 47.1. The number of halogens is 1. The van der Waals surface area contributed by atoms with Gasteiger partial charge in [0.1, 0.15) is 40.5 Å². The number of hydrogen-bond acceptors (Lipinski definition) is 12. The van der Waals surface area contributed by atoms with E-state index in [0.717, 1.165) is 28.2 Å². The number of ether oxygens (including phenoxy) is 2. The topological polar surface area (TPSA) is 279 Å². The second-order valence-electron chi connectivity index (χ2n) is 20.2. The maximum atomic E-state index is 14.9. The van der Waals surface area contributed by atoms with E-state index < -0.39 is 17.9 Å². The van der Waals surface area contributed by atoms with Gasteiger partial charge in [-0.15, -0.1) is 0 Å². The maximum Gasteiger partial charge on any atom is 0.324 e. The quantitative estimate of drug-likeness (QED) is 0.0376. The van der Waals surface area contributed by atoms with Crippen molar-refractivity contribution in [2.45, 2.75) is 79.8 Å². The summed E-state index contributed by atoms with van der Waals surface area (Å²) in [7, 11) is 0. The van der Waals surface area contributed by atoms with Gasteiger partial charge in [0, 0.05) is 86.6 Å². The van der Waals surface area contributed by atoms with Crippen molar-refractivity contribution < 1.29 is 42.6 Å². The van der Waals surface area contributed by atoms with Gasteiger partial charge in [0.05, 0.1) is 41.5 Å². The Kier molecular flexibility index (Phi) is 20.4. The minimum atomic E-state index is -0.671. The highest BCUT2D eigenvalue weighted by Crippen LogP contribution is 2.30. The highest BCUT2D eigenvalue weighted by molar-refractivity contribution is 6.00. The number of amides is 8. The van der Waals surface area contributed by atoms with Crippen LogP contribution < -0.4 is 52.0 Å². The first-order chi connectivity index (χ1) is 39.6. The molecule has 0 radical (unpaired) electrons. The predicted octanol–water partition coefficient (Wildman–Crippen LogP) is 9.78. The van der Waals surface area contributed by atoms with Crippen molar-refractivity contribution in [3.63, 3.8) is 0 Å². The second-order valence-corrected chi connectivity index (χ2v) is 20.2. The van der Waals surface area contributed by atoms with Gasteiger partial charge in [-0.2, -0.15) is 10.2 Å². The van der Waals surface area contributed by atoms with Crippen molar-refractivity contribution in [2.24, 2.45) is 0 Å². The number of nitrogens with one attached hydrogen (secondary N) is 8. The van der Waals surface area contributed by atoms with Crippen molar-refractivity contribution >= 4 is 58.7 Å². The van der Waals surface area contributed by atoms with E-state index >= 15 is 0 Å². The third kappa shape index (κ3) is 18.6. The van der Waals surface area contributed by atoms with Crippen LogP contribution in [0.2, 0.25) is 0 Å². The molecule has 0 spiro atoms. The van der Waals surface area contributed by atoms with E-state index in [-0.39, 0.29) is 72.6 Å². The van der Waals surface area contributed by atoms with Crippen LogP contribution in [0.25, 0.3) is 11.4 Å². The van der Waals surface area contributed by atoms with Crippen molar-refractivity contribution in [1.82, 2.24) is 50.8 Å². The third-order valence-electron chi connectivity index (χ3n) is 11.9. The number of urea groups is 2. The lowest BCUT2D eigenvalue weighted by Gasteiger charge is -2.14. The first kappa shape index (κ1) is 60.2. The van der Waals surface area contributed by atoms with Crippen molar-refractivity contribution in [1.29, 1.82) is 0 Å². The molecule has 8 rings (SSSR count). The molecule has 0 unspecified atom stereocenters. The monoisotopic (exact) mass is 1130 g/mol. The van der Waals surface area contributed by atoms with E-state index in [0.29, 0.717) is 45.9 Å². The SMILES string of the molecule is CC(=O)NCC(=O)NCc1cccc(-n2nc(C(C)(C)C)cc2NC(=O)Nc2ccc(Oc3ccnc(C)c3)cc2F)c1.CC(=O)NCC(=O)NCc1cccc(-n2nc(C(C)C)cc2NC(=O)Nc2ccc(Oc3ccncc3)cc2)c1. The van der Waals surface area contributed by atoms with Gasteiger partial charge < -0.3 is 41.4 Å². The number of carbonyl (C=O) groups excluding carboxylic acids is 6. The number of carbonyl (C=O) groups is 6. The molecule has 8 aromatic rings. The zero-order valence-electron chi connectivity index (χ0n) is 47.1. The van der Waals surface area contributed by atoms with Gasteiger partial charge in [-0.05, 0) is 103 Å². The molecular weight excluding hydrogens is 1060 g/mol. The fraction of sp³-hybridized carbons (Fsp3) is 0.233. The van der Waals surface area contributed by atoms with Gasteiger partial charge in [-0.25, -0.2) is 23.3 Å². The van der Waals surface area contributed by atoms with Gasteiger partial charge in [0.25, 0.3) is 0 Å². The molecule has 23 heteroatoms. The summed E-state index contributed by atoms with van der Waals surface area (Å²) in [5.41, 5.74) is 5.48. The standard InChI is InChI=1S/C31H34FN7O4.C29H31N7O4/c1-19-13-24(11-12-33-19)43-23-9-10-26(25(32)15-23)36-30(42)37-28-16-27(31(3,4)5)38-39(28)22-8-6-7-21(14-22)17-35-29(41)18-34-20(2)40;1-19(2)26-16-27(34-29(39)33-22-7-9-24(10-8-22)40-25-11-13-30-14-12-25)36(35-26)23-6-4-5-21(15-23)17-32-28(38)18-31-20(3)37/h6-16H,17-18H2,1-5H3,(H,34,40)(H,35,41)(H2,36,37,42);4-16,19H,17-18H2,1-3H3,(H,31,37)(H,32,38)(H2,33,34,39). The molecule has 0 fully saturated rings. The zero-order chi connectivity index (χ0) is 59.6. The molecule has 4 aromatic carbocycles. The fourth-order valence-electron chi connectivity index (χ4n) is 7.61. The van der Waals surface area contributed by atoms with E-state index in [1.807, 2.05) is 90.1 Å². The molecule has 0 aliphatic heterocycles. The Morgan fingerprint density at radius 3 is 1.64 bits per heavy atom. The van der Waals surface area contributed by atoms with Crippen LogP contribution >= 0.6 is 0 Å². The highest BCUT2D eigenvalue weighted by atomic mass is 19.1. The Labute approximate surface area is 479 Å². The lowest BCUT2D eigenvalue weighted by Crippen LogP contribution is -2.35. The van der Waals surface area contributed by atoms with E-state index in [1.165, 1.54) is 26.0 Å². The number of aryl methyl sites for hydroxylation is 1. The molecule has 8 N–H and O–H groups in total. The summed E-state index contributed by atoms with van der Waals surface area (Å²) in [6.45, 7) is 14.8. The molecule has 4 aromatic heterocycles. The van der Waals surface area contributed by atoms with Crippen molar-refractivity contribution in [3.05, 3.63) is 180 Å². The van der Waals surface area contributed by atoms with Crippen molar-refractivity contribution in [3.8, 4) is 34.4 Å². The Hall–Kier alpha value is -10.5. The molecule has 83 heavy (non-hydrogen) atoms. The van der Waals surface area contributed by atoms with Gasteiger partial charge >= 0.3 is 12.1 Å². The molecular formula is C60H65FN14O8. The number of hydrogen-bond donors (Lipinski definition) is 8. The largest absolute Gasteiger partial charge is 0.457 e. The summed E-state index contributed by atoms with van der Waals surface area (Å²) in [5.74, 6) is 1.22. The van der Waals surface area contributed by atoms with Gasteiger partial charge in [-0.3, -0.25) is 39.8 Å². The summed E-state index contributed by atoms with van der Waals surface area (Å²) in [4.78, 5) is 80.0. The first-order valence-corrected chi connectivity index (χ1v) is 26.3. The molecule has 0 atom stereocenters. The van der Waals surface area contributed by atoms with Gasteiger partial charge in [0.15, 0.2) is 0 Å². The summed E-state index contributed by atoms with van der Waals surface area (Å²) in [6, 6.07) is 35.3. The van der Waals surface area contributed by atoms with Crippen LogP contribution in [0.5, 0.6) is 23.0 Å².